The summed E-state index contributed by atoms with van der Waals surface area (Å²) < 4.78 is 2.67. The Hall–Kier alpha value is -1.18. The van der Waals surface area contributed by atoms with Crippen LogP contribution >= 0.6 is 47.8 Å². The van der Waals surface area contributed by atoms with Gasteiger partial charge in [0.05, 0.1) is 5.56 Å². The summed E-state index contributed by atoms with van der Waals surface area (Å²) in [6.45, 7) is 0. The molecule has 104 valence electrons. The largest absolute Gasteiger partial charge is 0.205 e. The highest BCUT2D eigenvalue weighted by Gasteiger charge is 2.13. The van der Waals surface area contributed by atoms with E-state index in [2.05, 4.69) is 68.2 Å². The van der Waals surface area contributed by atoms with E-state index in [1.54, 1.807) is 0 Å². The number of rotatable bonds is 2. The summed E-state index contributed by atoms with van der Waals surface area (Å²) in [7, 11) is 0. The molecule has 3 rings (SSSR count). The maximum atomic E-state index is 4.18. The first-order chi connectivity index (χ1) is 10.2. The summed E-state index contributed by atoms with van der Waals surface area (Å²) in [4.78, 5) is 0. The fourth-order valence-corrected chi connectivity index (χ4v) is 3.61. The minimum Gasteiger partial charge on any atom is -0.126 e. The number of hydrogen-bond acceptors (Lipinski definition) is 4. The topological polar surface area (TPSA) is 51.6 Å². The predicted molar refractivity (Wildman–Crippen MR) is 91.6 cm³/mol. The van der Waals surface area contributed by atoms with E-state index >= 15 is 0 Å². The van der Waals surface area contributed by atoms with Gasteiger partial charge in [-0.3, -0.25) is 0 Å². The van der Waals surface area contributed by atoms with Crippen molar-refractivity contribution in [3.8, 4) is 22.8 Å². The van der Waals surface area contributed by atoms with Gasteiger partial charge in [-0.25, -0.2) is 0 Å². The van der Waals surface area contributed by atoms with E-state index in [0.717, 1.165) is 24.5 Å². The summed E-state index contributed by atoms with van der Waals surface area (Å²) >= 11 is 10.4. The molecule has 0 unspecified atom stereocenters. The Morgan fingerprint density at radius 1 is 0.571 bits per heavy atom. The zero-order valence-corrected chi connectivity index (χ0v) is 15.2. The van der Waals surface area contributed by atoms with E-state index in [1.807, 2.05) is 42.5 Å². The maximum Gasteiger partial charge on any atom is 0.205 e. The Bertz CT molecular complexity index is 770. The van der Waals surface area contributed by atoms with E-state index in [1.165, 1.54) is 0 Å². The van der Waals surface area contributed by atoms with Crippen LogP contribution in [0, 0.1) is 0 Å². The van der Waals surface area contributed by atoms with Crippen LogP contribution in [0.4, 0.5) is 0 Å². The highest BCUT2D eigenvalue weighted by atomic mass is 79.9. The van der Waals surface area contributed by atoms with E-state index < -0.39 is 0 Å². The highest BCUT2D eigenvalue weighted by molar-refractivity contribution is 9.11. The van der Waals surface area contributed by atoms with Gasteiger partial charge >= 0.3 is 0 Å². The van der Waals surface area contributed by atoms with E-state index in [9.17, 15) is 0 Å². The second kappa shape index (κ2) is 6.29. The zero-order valence-electron chi connectivity index (χ0n) is 10.5. The summed E-state index contributed by atoms with van der Waals surface area (Å²) in [5.74, 6) is 0.944. The van der Waals surface area contributed by atoms with Crippen LogP contribution in [0.5, 0.6) is 0 Å². The average molecular weight is 471 g/mol. The number of aromatic nitrogens is 4. The lowest BCUT2D eigenvalue weighted by molar-refractivity contribution is 0.874. The van der Waals surface area contributed by atoms with Crippen molar-refractivity contribution in [3.05, 3.63) is 55.9 Å². The molecule has 1 aromatic heterocycles. The first-order valence-corrected chi connectivity index (χ1v) is 8.31. The molecule has 2 aromatic carbocycles. The van der Waals surface area contributed by atoms with Crippen LogP contribution < -0.4 is 0 Å². The van der Waals surface area contributed by atoms with Crippen molar-refractivity contribution in [1.29, 1.82) is 0 Å². The van der Waals surface area contributed by atoms with Crippen molar-refractivity contribution in [3.63, 3.8) is 0 Å². The van der Waals surface area contributed by atoms with Crippen LogP contribution in [0.25, 0.3) is 22.8 Å². The Labute approximate surface area is 146 Å². The average Bonchev–Trinajstić information content (AvgIpc) is 2.48. The molecule has 0 N–H and O–H groups in total. The molecule has 0 aliphatic carbocycles. The smallest absolute Gasteiger partial charge is 0.126 e. The number of benzene rings is 2. The van der Waals surface area contributed by atoms with E-state index in [-0.39, 0.29) is 0 Å². The van der Waals surface area contributed by atoms with Crippen molar-refractivity contribution in [2.75, 3.05) is 0 Å². The normalized spacial score (nSPS) is 10.6. The molecular weight excluding hydrogens is 464 g/mol. The number of halogens is 3. The highest BCUT2D eigenvalue weighted by Crippen LogP contribution is 2.32. The standard InChI is InChI=1S/C14H7Br3N4/c15-9-5-2-1-4-8(9)13-18-20-14(21-19-13)12-10(16)6-3-7-11(12)17/h1-7H. The molecule has 0 bridgehead atoms. The van der Waals surface area contributed by atoms with Crippen LogP contribution in [0.1, 0.15) is 0 Å². The third kappa shape index (κ3) is 3.04. The first-order valence-electron chi connectivity index (χ1n) is 5.93. The van der Waals surface area contributed by atoms with E-state index in [4.69, 9.17) is 0 Å². The van der Waals surface area contributed by atoms with Gasteiger partial charge in [-0.05, 0) is 56.1 Å². The lowest BCUT2D eigenvalue weighted by Crippen LogP contribution is -2.00. The van der Waals surface area contributed by atoms with Crippen molar-refractivity contribution in [1.82, 2.24) is 20.4 Å². The van der Waals surface area contributed by atoms with Gasteiger partial charge in [0.15, 0.2) is 0 Å². The molecule has 7 heteroatoms. The minimum absolute atomic E-state index is 0.463. The van der Waals surface area contributed by atoms with Gasteiger partial charge in [0.25, 0.3) is 0 Å². The third-order valence-corrected chi connectivity index (χ3v) is 4.79. The summed E-state index contributed by atoms with van der Waals surface area (Å²) in [6.07, 6.45) is 0. The molecule has 0 amide bonds. The van der Waals surface area contributed by atoms with Crippen LogP contribution in [0.15, 0.2) is 55.9 Å². The van der Waals surface area contributed by atoms with Crippen molar-refractivity contribution < 1.29 is 0 Å². The molecule has 0 fully saturated rings. The molecule has 4 nitrogen and oxygen atoms in total. The predicted octanol–water partition coefficient (Wildman–Crippen LogP) is 4.89. The fraction of sp³-hybridized carbons (Fsp3) is 0. The quantitative estimate of drug-likeness (QED) is 0.535. The number of nitrogens with zero attached hydrogens (tertiary/aromatic N) is 4. The molecule has 0 spiro atoms. The fourth-order valence-electron chi connectivity index (χ4n) is 1.79. The van der Waals surface area contributed by atoms with Gasteiger partial charge < -0.3 is 0 Å². The van der Waals surface area contributed by atoms with Crippen LogP contribution in [0.3, 0.4) is 0 Å². The molecule has 0 saturated heterocycles. The number of hydrogen-bond donors (Lipinski definition) is 0. The Kier molecular flexibility index (Phi) is 4.42. The summed E-state index contributed by atoms with van der Waals surface area (Å²) in [5, 5.41) is 16.7. The second-order valence-corrected chi connectivity index (χ2v) is 6.69. The Morgan fingerprint density at radius 2 is 1.10 bits per heavy atom. The molecule has 0 radical (unpaired) electrons. The van der Waals surface area contributed by atoms with Crippen molar-refractivity contribution in [2.24, 2.45) is 0 Å². The van der Waals surface area contributed by atoms with Gasteiger partial charge in [-0.15, -0.1) is 20.4 Å². The van der Waals surface area contributed by atoms with Crippen molar-refractivity contribution >= 4 is 47.8 Å². The molecule has 0 saturated carbocycles. The SMILES string of the molecule is Brc1ccccc1-c1nnc(-c2c(Br)cccc2Br)nn1. The molecule has 0 aliphatic heterocycles. The summed E-state index contributed by atoms with van der Waals surface area (Å²) in [6, 6.07) is 13.5. The first kappa shape index (κ1) is 14.7. The Balaban J connectivity index is 2.04. The van der Waals surface area contributed by atoms with E-state index in [0.29, 0.717) is 11.6 Å². The third-order valence-electron chi connectivity index (χ3n) is 2.78. The lowest BCUT2D eigenvalue weighted by atomic mass is 10.2. The zero-order chi connectivity index (χ0) is 14.8. The molecule has 0 atom stereocenters. The van der Waals surface area contributed by atoms with Crippen LogP contribution in [-0.2, 0) is 0 Å². The van der Waals surface area contributed by atoms with Crippen LogP contribution in [0.2, 0.25) is 0 Å². The van der Waals surface area contributed by atoms with Crippen molar-refractivity contribution in [2.45, 2.75) is 0 Å². The van der Waals surface area contributed by atoms with Gasteiger partial charge in [0.1, 0.15) is 0 Å². The minimum atomic E-state index is 0.463. The lowest BCUT2D eigenvalue weighted by Gasteiger charge is -2.05. The van der Waals surface area contributed by atoms with Gasteiger partial charge in [0, 0.05) is 19.0 Å². The molecule has 1 heterocycles. The van der Waals surface area contributed by atoms with Crippen LogP contribution in [-0.4, -0.2) is 20.4 Å². The van der Waals surface area contributed by atoms with Gasteiger partial charge in [0.2, 0.25) is 11.6 Å². The molecule has 0 aliphatic rings. The molecule has 21 heavy (non-hydrogen) atoms. The monoisotopic (exact) mass is 468 g/mol. The maximum absolute atomic E-state index is 4.18. The van der Waals surface area contributed by atoms with Gasteiger partial charge in [-0.1, -0.05) is 34.1 Å². The molecular formula is C14H7Br3N4. The molecule has 3 aromatic rings. The summed E-state index contributed by atoms with van der Waals surface area (Å²) in [5.41, 5.74) is 1.69. The second-order valence-electron chi connectivity index (χ2n) is 4.12. The van der Waals surface area contributed by atoms with Gasteiger partial charge in [-0.2, -0.15) is 0 Å². The Morgan fingerprint density at radius 3 is 1.71 bits per heavy atom.